The lowest BCUT2D eigenvalue weighted by molar-refractivity contribution is 1.36. The van der Waals surface area contributed by atoms with Crippen LogP contribution in [0, 0.1) is 6.07 Å². The second-order valence-electron chi connectivity index (χ2n) is 6.04. The van der Waals surface area contributed by atoms with Crippen LogP contribution in [-0.2, 0) is 0 Å². The van der Waals surface area contributed by atoms with Gasteiger partial charge in [-0.15, -0.1) is 0 Å². The Morgan fingerprint density at radius 2 is 1.38 bits per heavy atom. The van der Waals surface area contributed by atoms with Gasteiger partial charge in [-0.05, 0) is 45.1 Å². The Labute approximate surface area is 140 Å². The summed E-state index contributed by atoms with van der Waals surface area (Å²) in [6.45, 7) is 0. The number of rotatable bonds is 1. The minimum absolute atomic E-state index is 0.989. The molecule has 4 aromatic carbocycles. The Balaban J connectivity index is 1.78. The molecule has 24 heavy (non-hydrogen) atoms. The molecule has 0 spiro atoms. The largest absolute Gasteiger partial charge is 0.256 e. The Morgan fingerprint density at radius 1 is 0.625 bits per heavy atom. The van der Waals surface area contributed by atoms with E-state index in [4.69, 9.17) is 0 Å². The van der Waals surface area contributed by atoms with Crippen molar-refractivity contribution in [2.75, 3.05) is 0 Å². The number of pyridine rings is 1. The van der Waals surface area contributed by atoms with Crippen molar-refractivity contribution in [2.24, 2.45) is 0 Å². The standard InChI is InChI=1S/C23H14N/c1-2-7-18-14-21-15-20(10-9-19(21)13-17(18)6-1)23-22-8-4-3-5-16(22)11-12-24-23/h1-14H. The van der Waals surface area contributed by atoms with Gasteiger partial charge in [0.25, 0.3) is 0 Å². The van der Waals surface area contributed by atoms with Crippen molar-refractivity contribution >= 4 is 32.3 Å². The van der Waals surface area contributed by atoms with Gasteiger partial charge in [-0.3, -0.25) is 4.98 Å². The molecule has 0 aliphatic rings. The highest BCUT2D eigenvalue weighted by Gasteiger charge is 2.07. The molecule has 1 heteroatoms. The van der Waals surface area contributed by atoms with Gasteiger partial charge in [-0.1, -0.05) is 60.7 Å². The van der Waals surface area contributed by atoms with E-state index in [-0.39, 0.29) is 0 Å². The number of hydrogen-bond donors (Lipinski definition) is 0. The lowest BCUT2D eigenvalue weighted by atomic mass is 9.98. The summed E-state index contributed by atoms with van der Waals surface area (Å²) in [7, 11) is 0. The van der Waals surface area contributed by atoms with E-state index in [9.17, 15) is 0 Å². The number of nitrogens with zero attached hydrogens (tertiary/aromatic N) is 1. The van der Waals surface area contributed by atoms with E-state index in [1.54, 1.807) is 0 Å². The Hall–Kier alpha value is -3.19. The second kappa shape index (κ2) is 5.17. The van der Waals surface area contributed by atoms with Crippen LogP contribution in [0.4, 0.5) is 0 Å². The number of aromatic nitrogens is 1. The molecule has 0 aliphatic heterocycles. The van der Waals surface area contributed by atoms with Crippen LogP contribution in [0.15, 0.2) is 85.1 Å². The molecule has 0 fully saturated rings. The molecule has 111 valence electrons. The minimum Gasteiger partial charge on any atom is -0.256 e. The lowest BCUT2D eigenvalue weighted by Gasteiger charge is -2.08. The fraction of sp³-hybridized carbons (Fsp3) is 0. The van der Waals surface area contributed by atoms with Crippen LogP contribution in [0.1, 0.15) is 0 Å². The molecule has 0 amide bonds. The number of fused-ring (bicyclic) bond motifs is 3. The van der Waals surface area contributed by atoms with E-state index in [1.807, 2.05) is 12.3 Å². The molecule has 0 saturated carbocycles. The highest BCUT2D eigenvalue weighted by atomic mass is 14.7. The van der Waals surface area contributed by atoms with Crippen LogP contribution in [-0.4, -0.2) is 4.98 Å². The summed E-state index contributed by atoms with van der Waals surface area (Å²) in [6, 6.07) is 31.1. The van der Waals surface area contributed by atoms with Crippen LogP contribution < -0.4 is 0 Å². The first-order chi connectivity index (χ1) is 11.9. The Bertz CT molecular complexity index is 1200. The molecule has 0 atom stereocenters. The van der Waals surface area contributed by atoms with Gasteiger partial charge in [0.1, 0.15) is 0 Å². The van der Waals surface area contributed by atoms with Crippen molar-refractivity contribution in [2.45, 2.75) is 0 Å². The molecular weight excluding hydrogens is 290 g/mol. The highest BCUT2D eigenvalue weighted by molar-refractivity contribution is 6.01. The maximum atomic E-state index is 4.62. The van der Waals surface area contributed by atoms with E-state index < -0.39 is 0 Å². The SMILES string of the molecule is [c]1c(-c2nccc3ccccc23)ccc2cc3ccccc3cc12. The van der Waals surface area contributed by atoms with E-state index >= 15 is 0 Å². The van der Waals surface area contributed by atoms with E-state index in [1.165, 1.54) is 21.5 Å². The second-order valence-corrected chi connectivity index (χ2v) is 6.04. The Kier molecular flexibility index (Phi) is 2.86. The maximum Gasteiger partial charge on any atom is 0.0786 e. The molecule has 0 aliphatic carbocycles. The fourth-order valence-corrected chi connectivity index (χ4v) is 3.34. The zero-order chi connectivity index (χ0) is 15.9. The fourth-order valence-electron chi connectivity index (χ4n) is 3.34. The molecule has 1 nitrogen and oxygen atoms in total. The highest BCUT2D eigenvalue weighted by Crippen LogP contribution is 2.30. The molecule has 5 rings (SSSR count). The Morgan fingerprint density at radius 3 is 2.25 bits per heavy atom. The normalized spacial score (nSPS) is 11.3. The van der Waals surface area contributed by atoms with E-state index in [0.29, 0.717) is 0 Å². The monoisotopic (exact) mass is 304 g/mol. The quantitative estimate of drug-likeness (QED) is 0.346. The van der Waals surface area contributed by atoms with E-state index in [2.05, 4.69) is 83.8 Å². The van der Waals surface area contributed by atoms with Gasteiger partial charge >= 0.3 is 0 Å². The molecule has 1 aromatic heterocycles. The smallest absolute Gasteiger partial charge is 0.0786 e. The molecule has 1 heterocycles. The first-order valence-electron chi connectivity index (χ1n) is 8.07. The molecule has 0 N–H and O–H groups in total. The average molecular weight is 304 g/mol. The lowest BCUT2D eigenvalue weighted by Crippen LogP contribution is -1.87. The molecule has 0 bridgehead atoms. The van der Waals surface area contributed by atoms with Crippen LogP contribution in [0.5, 0.6) is 0 Å². The van der Waals surface area contributed by atoms with Crippen molar-refractivity contribution < 1.29 is 0 Å². The van der Waals surface area contributed by atoms with Crippen molar-refractivity contribution in [3.8, 4) is 11.3 Å². The van der Waals surface area contributed by atoms with Crippen LogP contribution in [0.25, 0.3) is 43.6 Å². The van der Waals surface area contributed by atoms with Gasteiger partial charge in [0.2, 0.25) is 0 Å². The van der Waals surface area contributed by atoms with Crippen molar-refractivity contribution in [1.29, 1.82) is 0 Å². The van der Waals surface area contributed by atoms with Gasteiger partial charge in [-0.2, -0.15) is 0 Å². The molecular formula is C23H14N. The number of benzene rings is 4. The molecule has 5 aromatic rings. The van der Waals surface area contributed by atoms with Gasteiger partial charge < -0.3 is 0 Å². The zero-order valence-corrected chi connectivity index (χ0v) is 13.0. The van der Waals surface area contributed by atoms with Crippen LogP contribution in [0.3, 0.4) is 0 Å². The van der Waals surface area contributed by atoms with E-state index in [0.717, 1.165) is 22.0 Å². The third-order valence-electron chi connectivity index (χ3n) is 4.55. The first kappa shape index (κ1) is 13.3. The summed E-state index contributed by atoms with van der Waals surface area (Å²) in [4.78, 5) is 4.62. The van der Waals surface area contributed by atoms with Gasteiger partial charge in [0.05, 0.1) is 5.69 Å². The summed E-state index contributed by atoms with van der Waals surface area (Å²) < 4.78 is 0. The summed E-state index contributed by atoms with van der Waals surface area (Å²) in [5, 5.41) is 7.20. The maximum absolute atomic E-state index is 4.62. The predicted octanol–water partition coefficient (Wildman–Crippen LogP) is 6.01. The van der Waals surface area contributed by atoms with Crippen molar-refractivity contribution in [3.05, 3.63) is 91.1 Å². The number of hydrogen-bond acceptors (Lipinski definition) is 1. The zero-order valence-electron chi connectivity index (χ0n) is 13.0. The van der Waals surface area contributed by atoms with Crippen LogP contribution in [0.2, 0.25) is 0 Å². The summed E-state index contributed by atoms with van der Waals surface area (Å²) in [5.74, 6) is 0. The topological polar surface area (TPSA) is 12.9 Å². The van der Waals surface area contributed by atoms with Crippen LogP contribution >= 0.6 is 0 Å². The first-order valence-corrected chi connectivity index (χ1v) is 8.07. The third-order valence-corrected chi connectivity index (χ3v) is 4.55. The minimum atomic E-state index is 0.989. The van der Waals surface area contributed by atoms with Crippen molar-refractivity contribution in [1.82, 2.24) is 4.98 Å². The van der Waals surface area contributed by atoms with Gasteiger partial charge in [0.15, 0.2) is 0 Å². The van der Waals surface area contributed by atoms with Crippen molar-refractivity contribution in [3.63, 3.8) is 0 Å². The molecule has 1 radical (unpaired) electrons. The summed E-state index contributed by atoms with van der Waals surface area (Å²) in [6.07, 6.45) is 1.87. The molecule has 0 unspecified atom stereocenters. The predicted molar refractivity (Wildman–Crippen MR) is 101 cm³/mol. The third kappa shape index (κ3) is 2.06. The average Bonchev–Trinajstić information content (AvgIpc) is 2.65. The molecule has 0 saturated heterocycles. The summed E-state index contributed by atoms with van der Waals surface area (Å²) >= 11 is 0. The van der Waals surface area contributed by atoms with Gasteiger partial charge in [-0.25, -0.2) is 0 Å². The summed E-state index contributed by atoms with van der Waals surface area (Å²) in [5.41, 5.74) is 2.03. The van der Waals surface area contributed by atoms with Gasteiger partial charge in [0, 0.05) is 23.2 Å².